The third-order valence-electron chi connectivity index (χ3n) is 12.4. The van der Waals surface area contributed by atoms with Crippen LogP contribution in [-0.4, -0.2) is 49.1 Å². The minimum Gasteiger partial charge on any atom is -0.483 e. The number of carbonyl (C=O) groups is 2. The van der Waals surface area contributed by atoms with Gasteiger partial charge < -0.3 is 28.5 Å². The highest BCUT2D eigenvalue weighted by Crippen LogP contribution is 2.49. The predicted octanol–water partition coefficient (Wildman–Crippen LogP) is 9.74. The maximum Gasteiger partial charge on any atom is 0.339 e. The van der Waals surface area contributed by atoms with E-state index in [4.69, 9.17) is 23.4 Å². The molecule has 0 spiro atoms. The summed E-state index contributed by atoms with van der Waals surface area (Å²) >= 11 is 0. The Labute approximate surface area is 358 Å². The molecule has 2 bridgehead atoms. The molecule has 1 aromatic heterocycles. The lowest BCUT2D eigenvalue weighted by Gasteiger charge is -2.45. The zero-order valence-corrected chi connectivity index (χ0v) is 35.8. The van der Waals surface area contributed by atoms with Gasteiger partial charge in [0.15, 0.2) is 12.2 Å². The van der Waals surface area contributed by atoms with Gasteiger partial charge >= 0.3 is 17.6 Å². The summed E-state index contributed by atoms with van der Waals surface area (Å²) in [6, 6.07) is 34.3. The van der Waals surface area contributed by atoms with Crippen molar-refractivity contribution in [3.8, 4) is 5.75 Å². The molecule has 3 aliphatic heterocycles. The number of benzene rings is 4. The second kappa shape index (κ2) is 19.9. The van der Waals surface area contributed by atoms with Gasteiger partial charge in [-0.25, -0.2) is 9.59 Å². The molecule has 4 aromatic carbocycles. The summed E-state index contributed by atoms with van der Waals surface area (Å²) in [4.78, 5) is 43.1. The Morgan fingerprint density at radius 1 is 0.836 bits per heavy atom. The van der Waals surface area contributed by atoms with Crippen molar-refractivity contribution in [3.05, 3.63) is 158 Å². The Balaban J connectivity index is 1.35. The second-order valence-corrected chi connectivity index (χ2v) is 17.1. The monoisotopic (exact) mass is 826 g/mol. The van der Waals surface area contributed by atoms with E-state index >= 15 is 0 Å². The number of carbonyl (C=O) groups excluding carboxylic acids is 2. The summed E-state index contributed by atoms with van der Waals surface area (Å²) in [5, 5.41) is 10.4. The highest BCUT2D eigenvalue weighted by Gasteiger charge is 2.52. The van der Waals surface area contributed by atoms with Gasteiger partial charge in [-0.05, 0) is 125 Å². The van der Waals surface area contributed by atoms with E-state index in [-0.39, 0.29) is 31.1 Å². The number of methoxy groups -OCH3 is 1. The van der Waals surface area contributed by atoms with E-state index in [0.29, 0.717) is 66.4 Å². The van der Waals surface area contributed by atoms with E-state index < -0.39 is 41.3 Å². The largest absolute Gasteiger partial charge is 0.483 e. The topological polar surface area (TPSA) is 122 Å². The van der Waals surface area contributed by atoms with Crippen molar-refractivity contribution in [2.75, 3.05) is 20.3 Å². The molecular weight excluding hydrogens is 769 g/mol. The molecule has 5 aromatic rings. The number of hydrogen-bond acceptors (Lipinski definition) is 9. The molecule has 0 saturated heterocycles. The highest BCUT2D eigenvalue weighted by atomic mass is 16.6. The van der Waals surface area contributed by atoms with Crippen LogP contribution < -0.4 is 10.4 Å². The first kappa shape index (κ1) is 43.6. The number of hydrogen-bond donors (Lipinski definition) is 1. The Morgan fingerprint density at radius 2 is 1.52 bits per heavy atom. The van der Waals surface area contributed by atoms with Crippen LogP contribution >= 0.6 is 0 Å². The van der Waals surface area contributed by atoms with Gasteiger partial charge in [-0.15, -0.1) is 0 Å². The molecule has 3 aliphatic rings. The standard InChI is InChI=1S/C52H58O9/c1-34(2)42-25-23-37-17-20-38(21-18-37)30-39(22-19-36-14-9-6-10-15-36)31-45(54)58-48-46-44(26-24-40-32-43(51(56)59-47(40)46)41(27-29-53)33-57-4)61-52(3,49(48)60-50(42)55)28-11-16-35-12-7-5-8-13-35/h5-10,12-15,17-18,20-21,24,26,32,39,41,48-49,53H,11,16,19,22-23,25,27-31,33H2,1-4H3. The first-order valence-corrected chi connectivity index (χ1v) is 21.7. The van der Waals surface area contributed by atoms with E-state index in [1.807, 2.05) is 69.3 Å². The number of ether oxygens (including phenoxy) is 4. The van der Waals surface area contributed by atoms with Crippen LogP contribution in [0.2, 0.25) is 0 Å². The lowest BCUT2D eigenvalue weighted by molar-refractivity contribution is -0.192. The molecule has 0 amide bonds. The molecule has 1 N–H and O–H groups in total. The van der Waals surface area contributed by atoms with Crippen molar-refractivity contribution in [1.29, 1.82) is 0 Å². The number of esters is 2. The quantitative estimate of drug-likeness (QED) is 0.0745. The van der Waals surface area contributed by atoms with Crippen LogP contribution in [-0.2, 0) is 49.5 Å². The summed E-state index contributed by atoms with van der Waals surface area (Å²) in [6.07, 6.45) is 3.36. The minimum absolute atomic E-state index is 0.0569. The smallest absolute Gasteiger partial charge is 0.339 e. The van der Waals surface area contributed by atoms with Crippen molar-refractivity contribution >= 4 is 22.9 Å². The van der Waals surface area contributed by atoms with Gasteiger partial charge in [-0.2, -0.15) is 0 Å². The fraction of sp³-hybridized carbons (Fsp3) is 0.404. The fourth-order valence-electron chi connectivity index (χ4n) is 9.01. The first-order chi connectivity index (χ1) is 29.5. The SMILES string of the molecule is COCC(CCO)c1cc2ccc3c(c2oc1=O)C1OC(=O)CC(CCc2ccccc2)Cc2ccc(cc2)CCC(=C(C)C)C(=O)OC1C(C)(CCCc1ccccc1)O3. The second-order valence-electron chi connectivity index (χ2n) is 17.1. The van der Waals surface area contributed by atoms with E-state index in [0.717, 1.165) is 41.5 Å². The van der Waals surface area contributed by atoms with Gasteiger partial charge in [0, 0.05) is 42.6 Å². The van der Waals surface area contributed by atoms with Crippen LogP contribution in [0.4, 0.5) is 0 Å². The Kier molecular flexibility index (Phi) is 14.2. The average Bonchev–Trinajstić information content (AvgIpc) is 3.24. The van der Waals surface area contributed by atoms with Crippen LogP contribution in [0, 0.1) is 5.92 Å². The lowest BCUT2D eigenvalue weighted by Crippen LogP contribution is -2.54. The molecule has 0 fully saturated rings. The molecule has 61 heavy (non-hydrogen) atoms. The predicted molar refractivity (Wildman–Crippen MR) is 236 cm³/mol. The van der Waals surface area contributed by atoms with Crippen molar-refractivity contribution in [3.63, 3.8) is 0 Å². The molecule has 9 nitrogen and oxygen atoms in total. The number of allylic oxidation sites excluding steroid dienone is 1. The number of fused-ring (bicyclic) bond motifs is 13. The molecule has 8 rings (SSSR count). The van der Waals surface area contributed by atoms with Crippen LogP contribution in [0.25, 0.3) is 11.0 Å². The molecule has 4 heterocycles. The van der Waals surface area contributed by atoms with E-state index in [1.165, 1.54) is 5.56 Å². The number of aliphatic hydroxyl groups excluding tert-OH is 1. The normalized spacial score (nSPS) is 21.2. The van der Waals surface area contributed by atoms with Gasteiger partial charge in [0.05, 0.1) is 12.2 Å². The van der Waals surface area contributed by atoms with E-state index in [2.05, 4.69) is 48.5 Å². The maximum atomic E-state index is 14.6. The van der Waals surface area contributed by atoms with Gasteiger partial charge in [-0.3, -0.25) is 4.79 Å². The van der Waals surface area contributed by atoms with E-state index in [1.54, 1.807) is 13.2 Å². The number of aryl methyl sites for hydroxylation is 3. The molecular formula is C52H58O9. The van der Waals surface area contributed by atoms with Crippen molar-refractivity contribution in [2.45, 2.75) is 109 Å². The Bertz CT molecular complexity index is 2360. The molecule has 5 unspecified atom stereocenters. The van der Waals surface area contributed by atoms with Gasteiger partial charge in [0.2, 0.25) is 0 Å². The summed E-state index contributed by atoms with van der Waals surface area (Å²) in [5.41, 5.74) is 5.11. The first-order valence-electron chi connectivity index (χ1n) is 21.7. The summed E-state index contributed by atoms with van der Waals surface area (Å²) in [6.45, 7) is 5.81. The summed E-state index contributed by atoms with van der Waals surface area (Å²) in [7, 11) is 1.55. The van der Waals surface area contributed by atoms with Gasteiger partial charge in [0.1, 0.15) is 16.9 Å². The van der Waals surface area contributed by atoms with Crippen molar-refractivity contribution in [1.82, 2.24) is 0 Å². The van der Waals surface area contributed by atoms with Gasteiger partial charge in [0.25, 0.3) is 0 Å². The summed E-state index contributed by atoms with van der Waals surface area (Å²) < 4.78 is 31.9. The molecule has 0 radical (unpaired) electrons. The Morgan fingerprint density at radius 3 is 2.20 bits per heavy atom. The highest BCUT2D eigenvalue weighted by molar-refractivity contribution is 5.90. The van der Waals surface area contributed by atoms with Crippen LogP contribution in [0.3, 0.4) is 0 Å². The zero-order valence-electron chi connectivity index (χ0n) is 35.8. The average molecular weight is 827 g/mol. The van der Waals surface area contributed by atoms with Gasteiger partial charge in [-0.1, -0.05) is 90.5 Å². The van der Waals surface area contributed by atoms with Crippen molar-refractivity contribution in [2.24, 2.45) is 5.92 Å². The lowest BCUT2D eigenvalue weighted by atomic mass is 9.82. The Hall–Kier alpha value is -5.51. The third kappa shape index (κ3) is 10.5. The fourth-order valence-corrected chi connectivity index (χ4v) is 9.01. The van der Waals surface area contributed by atoms with Crippen LogP contribution in [0.1, 0.15) is 105 Å². The third-order valence-corrected chi connectivity index (χ3v) is 12.4. The molecule has 320 valence electrons. The van der Waals surface area contributed by atoms with Crippen LogP contribution in [0.15, 0.2) is 123 Å². The summed E-state index contributed by atoms with van der Waals surface area (Å²) in [5.74, 6) is -1.03. The number of aliphatic hydroxyl groups is 1. The van der Waals surface area contributed by atoms with Crippen LogP contribution in [0.5, 0.6) is 5.75 Å². The minimum atomic E-state index is -1.17. The zero-order chi connectivity index (χ0) is 42.9. The molecule has 5 atom stereocenters. The molecule has 0 saturated carbocycles. The molecule has 9 heteroatoms. The van der Waals surface area contributed by atoms with Crippen molar-refractivity contribution < 1.29 is 38.1 Å². The number of rotatable bonds is 12. The maximum absolute atomic E-state index is 14.6. The molecule has 0 aliphatic carbocycles. The van der Waals surface area contributed by atoms with E-state index in [9.17, 15) is 19.5 Å².